The predicted molar refractivity (Wildman–Crippen MR) is 158 cm³/mol. The van der Waals surface area contributed by atoms with Crippen LogP contribution >= 0.6 is 11.6 Å². The van der Waals surface area contributed by atoms with Crippen LogP contribution in [0.1, 0.15) is 53.6 Å². The Morgan fingerprint density at radius 1 is 1.07 bits per heavy atom. The number of nitrogens with two attached hydrogens (primary N) is 1. The van der Waals surface area contributed by atoms with Crippen LogP contribution in [0.2, 0.25) is 5.02 Å². The van der Waals surface area contributed by atoms with Crippen molar-refractivity contribution in [2.45, 2.75) is 32.7 Å². The number of halogens is 1. The van der Waals surface area contributed by atoms with Gasteiger partial charge in [0.1, 0.15) is 17.1 Å². The van der Waals surface area contributed by atoms with E-state index in [9.17, 15) is 9.59 Å². The molecule has 214 valence electrons. The van der Waals surface area contributed by atoms with Crippen LogP contribution in [0.25, 0.3) is 11.0 Å². The van der Waals surface area contributed by atoms with E-state index < -0.39 is 6.04 Å². The zero-order chi connectivity index (χ0) is 29.1. The van der Waals surface area contributed by atoms with E-state index in [2.05, 4.69) is 0 Å². The molecule has 8 nitrogen and oxygen atoms in total. The Kier molecular flexibility index (Phi) is 8.52. The number of hydrogen-bond donors (Lipinski definition) is 1. The second-order valence-electron chi connectivity index (χ2n) is 10.3. The zero-order valence-electron chi connectivity index (χ0n) is 23.3. The molecule has 9 heteroatoms. The number of carbonyl (C=O) groups excluding carboxylic acids is 1. The average Bonchev–Trinajstić information content (AvgIpc) is 3.44. The van der Waals surface area contributed by atoms with Crippen LogP contribution in [0.5, 0.6) is 17.2 Å². The maximum Gasteiger partial charge on any atom is 0.254 e. The third-order valence-electron chi connectivity index (χ3n) is 7.21. The molecule has 0 fully saturated rings. The molecule has 0 aliphatic carbocycles. The van der Waals surface area contributed by atoms with Gasteiger partial charge < -0.3 is 29.3 Å². The Morgan fingerprint density at radius 2 is 1.88 bits per heavy atom. The standard InChI is InChI=1S/C32H33ClN2O6/c1-19(2)29(35(13-5-12-34)32(37)21-8-11-26-28(16-21)40-18-39-26)31-25(15-20-6-4-7-23(14-20)38-3)30(36)24-10-9-22(33)17-27(24)41-31/h4,6-11,14,16-17,19,29H,5,12-13,15,18,34H2,1-3H3. The number of rotatable bonds is 10. The molecule has 41 heavy (non-hydrogen) atoms. The Labute approximate surface area is 243 Å². The van der Waals surface area contributed by atoms with Crippen molar-refractivity contribution in [3.8, 4) is 17.2 Å². The first-order chi connectivity index (χ1) is 19.8. The second kappa shape index (κ2) is 12.2. The lowest BCUT2D eigenvalue weighted by Gasteiger charge is -2.35. The predicted octanol–water partition coefficient (Wildman–Crippen LogP) is 5.96. The molecule has 0 saturated carbocycles. The van der Waals surface area contributed by atoms with Crippen LogP contribution in [0, 0.1) is 5.92 Å². The third-order valence-corrected chi connectivity index (χ3v) is 7.45. The number of benzene rings is 3. The molecule has 1 aliphatic rings. The van der Waals surface area contributed by atoms with Crippen molar-refractivity contribution < 1.29 is 23.4 Å². The first-order valence-electron chi connectivity index (χ1n) is 13.6. The minimum atomic E-state index is -0.573. The van der Waals surface area contributed by atoms with E-state index in [1.54, 1.807) is 48.4 Å². The SMILES string of the molecule is COc1cccc(Cc2c(C(C(C)C)N(CCCN)C(=O)c3ccc4c(c3)OCO4)oc3cc(Cl)ccc3c2=O)c1. The highest BCUT2D eigenvalue weighted by Crippen LogP contribution is 2.37. The summed E-state index contributed by atoms with van der Waals surface area (Å²) in [5, 5.41) is 0.874. The van der Waals surface area contributed by atoms with Gasteiger partial charge in [-0.15, -0.1) is 0 Å². The summed E-state index contributed by atoms with van der Waals surface area (Å²) in [5.41, 5.74) is 7.90. The summed E-state index contributed by atoms with van der Waals surface area (Å²) in [5.74, 6) is 1.87. The lowest BCUT2D eigenvalue weighted by molar-refractivity contribution is 0.0587. The van der Waals surface area contributed by atoms with Crippen molar-refractivity contribution in [2.24, 2.45) is 11.7 Å². The normalized spacial score (nSPS) is 13.0. The van der Waals surface area contributed by atoms with Gasteiger partial charge in [-0.2, -0.15) is 0 Å². The first-order valence-corrected chi connectivity index (χ1v) is 14.0. The fraction of sp³-hybridized carbons (Fsp3) is 0.312. The lowest BCUT2D eigenvalue weighted by Crippen LogP contribution is -2.40. The summed E-state index contributed by atoms with van der Waals surface area (Å²) in [6, 6.07) is 17.1. The first kappa shape index (κ1) is 28.5. The van der Waals surface area contributed by atoms with E-state index >= 15 is 0 Å². The van der Waals surface area contributed by atoms with Crippen LogP contribution in [0.15, 0.2) is 69.9 Å². The summed E-state index contributed by atoms with van der Waals surface area (Å²) >= 11 is 6.30. The zero-order valence-corrected chi connectivity index (χ0v) is 24.1. The van der Waals surface area contributed by atoms with Gasteiger partial charge in [0.05, 0.1) is 18.5 Å². The molecule has 3 aromatic carbocycles. The molecule has 1 aromatic heterocycles. The molecule has 0 radical (unpaired) electrons. The minimum Gasteiger partial charge on any atom is -0.497 e. The third kappa shape index (κ3) is 5.89. The Morgan fingerprint density at radius 3 is 2.63 bits per heavy atom. The van der Waals surface area contributed by atoms with Crippen molar-refractivity contribution in [1.29, 1.82) is 0 Å². The number of hydrogen-bond acceptors (Lipinski definition) is 7. The van der Waals surface area contributed by atoms with Gasteiger partial charge in [-0.25, -0.2) is 0 Å². The van der Waals surface area contributed by atoms with Gasteiger partial charge in [0.25, 0.3) is 5.91 Å². The molecule has 5 rings (SSSR count). The Bertz CT molecular complexity index is 1630. The molecule has 0 saturated heterocycles. The summed E-state index contributed by atoms with van der Waals surface area (Å²) in [6.07, 6.45) is 0.855. The molecule has 1 atom stereocenters. The van der Waals surface area contributed by atoms with Crippen molar-refractivity contribution in [1.82, 2.24) is 4.90 Å². The van der Waals surface area contributed by atoms with Gasteiger partial charge in [-0.1, -0.05) is 37.6 Å². The second-order valence-corrected chi connectivity index (χ2v) is 10.8. The number of ether oxygens (including phenoxy) is 3. The maximum atomic E-state index is 14.2. The number of methoxy groups -OCH3 is 1. The highest BCUT2D eigenvalue weighted by Gasteiger charge is 2.34. The molecular formula is C32H33ClN2O6. The molecule has 2 heterocycles. The van der Waals surface area contributed by atoms with E-state index in [4.69, 9.17) is 36.0 Å². The van der Waals surface area contributed by atoms with Crippen molar-refractivity contribution >= 4 is 28.5 Å². The Balaban J connectivity index is 1.68. The topological polar surface area (TPSA) is 104 Å². The fourth-order valence-corrected chi connectivity index (χ4v) is 5.41. The van der Waals surface area contributed by atoms with E-state index in [0.717, 1.165) is 5.56 Å². The molecule has 0 spiro atoms. The van der Waals surface area contributed by atoms with Crippen LogP contribution in [0.3, 0.4) is 0 Å². The summed E-state index contributed by atoms with van der Waals surface area (Å²) < 4.78 is 22.9. The fourth-order valence-electron chi connectivity index (χ4n) is 5.24. The van der Waals surface area contributed by atoms with Gasteiger partial charge in [-0.05, 0) is 66.9 Å². The number of carbonyl (C=O) groups is 1. The van der Waals surface area contributed by atoms with Gasteiger partial charge in [-0.3, -0.25) is 9.59 Å². The number of amides is 1. The number of nitrogens with zero attached hydrogens (tertiary/aromatic N) is 1. The molecule has 1 aliphatic heterocycles. The van der Waals surface area contributed by atoms with Crippen LogP contribution in [-0.4, -0.2) is 37.8 Å². The molecule has 0 bridgehead atoms. The maximum absolute atomic E-state index is 14.2. The smallest absolute Gasteiger partial charge is 0.254 e. The molecule has 2 N–H and O–H groups in total. The monoisotopic (exact) mass is 576 g/mol. The minimum absolute atomic E-state index is 0.108. The molecule has 1 unspecified atom stereocenters. The summed E-state index contributed by atoms with van der Waals surface area (Å²) in [4.78, 5) is 30.0. The highest BCUT2D eigenvalue weighted by molar-refractivity contribution is 6.31. The van der Waals surface area contributed by atoms with Gasteiger partial charge in [0.15, 0.2) is 16.9 Å². The van der Waals surface area contributed by atoms with E-state index in [1.165, 1.54) is 0 Å². The van der Waals surface area contributed by atoms with E-state index in [-0.39, 0.29) is 24.0 Å². The largest absolute Gasteiger partial charge is 0.497 e. The van der Waals surface area contributed by atoms with Gasteiger partial charge in [0.2, 0.25) is 6.79 Å². The van der Waals surface area contributed by atoms with E-state index in [0.29, 0.717) is 76.1 Å². The number of fused-ring (bicyclic) bond motifs is 2. The average molecular weight is 577 g/mol. The molecule has 1 amide bonds. The molecular weight excluding hydrogens is 544 g/mol. The summed E-state index contributed by atoms with van der Waals surface area (Å²) in [7, 11) is 1.60. The highest BCUT2D eigenvalue weighted by atomic mass is 35.5. The van der Waals surface area contributed by atoms with Crippen LogP contribution in [-0.2, 0) is 6.42 Å². The van der Waals surface area contributed by atoms with Gasteiger partial charge in [0, 0.05) is 35.2 Å². The van der Waals surface area contributed by atoms with E-state index in [1.807, 2.05) is 38.1 Å². The lowest BCUT2D eigenvalue weighted by atomic mass is 9.91. The van der Waals surface area contributed by atoms with Crippen molar-refractivity contribution in [3.63, 3.8) is 0 Å². The van der Waals surface area contributed by atoms with Crippen molar-refractivity contribution in [3.05, 3.63) is 98.4 Å². The summed E-state index contributed by atoms with van der Waals surface area (Å²) in [6.45, 7) is 4.87. The molecule has 4 aromatic rings. The van der Waals surface area contributed by atoms with Crippen molar-refractivity contribution in [2.75, 3.05) is 27.0 Å². The Hall–Kier alpha value is -4.01. The van der Waals surface area contributed by atoms with Crippen LogP contribution in [0.4, 0.5) is 0 Å². The quantitative estimate of drug-likeness (QED) is 0.248. The van der Waals surface area contributed by atoms with Crippen LogP contribution < -0.4 is 25.4 Å². The van der Waals surface area contributed by atoms with Gasteiger partial charge >= 0.3 is 0 Å².